The van der Waals surface area contributed by atoms with Crippen molar-refractivity contribution >= 4 is 50.6 Å². The summed E-state index contributed by atoms with van der Waals surface area (Å²) in [5.41, 5.74) is 17.0. The maximum absolute atomic E-state index is 2.52. The molecule has 0 saturated heterocycles. The van der Waals surface area contributed by atoms with Gasteiger partial charge in [-0.25, -0.2) is 0 Å². The number of benzene rings is 6. The van der Waals surface area contributed by atoms with Crippen molar-refractivity contribution in [1.29, 1.82) is 0 Å². The van der Waals surface area contributed by atoms with Crippen LogP contribution in [0.1, 0.15) is 56.9 Å². The van der Waals surface area contributed by atoms with E-state index in [0.717, 1.165) is 6.42 Å². The van der Waals surface area contributed by atoms with Crippen molar-refractivity contribution in [2.45, 2.75) is 67.9 Å². The molecule has 0 spiro atoms. The summed E-state index contributed by atoms with van der Waals surface area (Å²) >= 11 is 0. The first-order valence-corrected chi connectivity index (χ1v) is 19.5. The maximum atomic E-state index is 2.52. The lowest BCUT2D eigenvalue weighted by Gasteiger charge is -2.33. The van der Waals surface area contributed by atoms with Crippen molar-refractivity contribution in [1.82, 2.24) is 0 Å². The van der Waals surface area contributed by atoms with Gasteiger partial charge in [0.25, 0.3) is 0 Å². The Hall–Kier alpha value is -5.60. The molecule has 7 rings (SSSR count). The molecular formula is C52H52BN. The number of fused-ring (bicyclic) bond motifs is 3. The molecule has 2 heteroatoms. The minimum absolute atomic E-state index is 0.0786. The highest BCUT2D eigenvalue weighted by Crippen LogP contribution is 2.42. The summed E-state index contributed by atoms with van der Waals surface area (Å²) in [7, 11) is 0. The van der Waals surface area contributed by atoms with Gasteiger partial charge in [0.15, 0.2) is 0 Å². The Bertz CT molecular complexity index is 2500. The highest BCUT2D eigenvalue weighted by Gasteiger charge is 2.30. The molecule has 0 amide bonds. The highest BCUT2D eigenvalue weighted by molar-refractivity contribution is 6.93. The Morgan fingerprint density at radius 2 is 1.28 bits per heavy atom. The molecule has 0 bridgehead atoms. The normalized spacial score (nSPS) is 16.5. The largest absolute Gasteiger partial charge is 0.334 e. The summed E-state index contributed by atoms with van der Waals surface area (Å²) in [6.45, 7) is 17.9. The predicted molar refractivity (Wildman–Crippen MR) is 240 cm³/mol. The minimum Gasteiger partial charge on any atom is -0.334 e. The van der Waals surface area contributed by atoms with Crippen LogP contribution in [0.5, 0.6) is 0 Å². The molecule has 1 heterocycles. The van der Waals surface area contributed by atoms with Crippen molar-refractivity contribution in [3.63, 3.8) is 0 Å². The number of aryl methyl sites for hydroxylation is 3. The van der Waals surface area contributed by atoms with Crippen LogP contribution in [-0.2, 0) is 6.42 Å². The van der Waals surface area contributed by atoms with E-state index in [1.165, 1.54) is 93.8 Å². The van der Waals surface area contributed by atoms with E-state index < -0.39 is 0 Å². The molecule has 0 N–H and O–H groups in total. The molecule has 6 aromatic rings. The Labute approximate surface area is 323 Å². The summed E-state index contributed by atoms with van der Waals surface area (Å²) in [6.07, 6.45) is 16.7. The summed E-state index contributed by atoms with van der Waals surface area (Å²) in [5.74, 6) is 0. The van der Waals surface area contributed by atoms with E-state index in [9.17, 15) is 0 Å². The fraction of sp³-hybridized carbons (Fsp3) is 0.192. The zero-order valence-corrected chi connectivity index (χ0v) is 33.2. The van der Waals surface area contributed by atoms with E-state index in [1.807, 2.05) is 0 Å². The van der Waals surface area contributed by atoms with Crippen molar-refractivity contribution in [2.75, 3.05) is 4.90 Å². The zero-order valence-electron chi connectivity index (χ0n) is 33.2. The standard InChI is InChI=1S/C52H52BN/c1-9-35(3)32-37(5)48(10-2)53(52-38(6)33-36(4)34-39(52)7)49-30-28-44(42-23-15-17-25-46(42)49)45-29-31-51(47-26-18-16-24-43(45)47)54-40(8)20-12-11-13-21-41-22-14-19-27-50(41)54/h9-20,22-34,40H,21H2,1-8H3/b13-11-,20-12-,35-9-,37-32-,48-10-. The van der Waals surface area contributed by atoms with Gasteiger partial charge in [0.2, 0.25) is 6.71 Å². The van der Waals surface area contributed by atoms with E-state index >= 15 is 0 Å². The lowest BCUT2D eigenvalue weighted by atomic mass is 9.33. The van der Waals surface area contributed by atoms with Crippen molar-refractivity contribution in [3.05, 3.63) is 191 Å². The van der Waals surface area contributed by atoms with Gasteiger partial charge in [-0.05, 0) is 107 Å². The van der Waals surface area contributed by atoms with Gasteiger partial charge < -0.3 is 4.90 Å². The second-order valence-corrected chi connectivity index (χ2v) is 15.0. The fourth-order valence-electron chi connectivity index (χ4n) is 8.86. The lowest BCUT2D eigenvalue weighted by Crippen LogP contribution is -2.47. The summed E-state index contributed by atoms with van der Waals surface area (Å²) in [4.78, 5) is 2.52. The van der Waals surface area contributed by atoms with Gasteiger partial charge in [-0.15, -0.1) is 0 Å². The number of anilines is 2. The Kier molecular flexibility index (Phi) is 10.7. The van der Waals surface area contributed by atoms with Crippen molar-refractivity contribution in [3.8, 4) is 11.1 Å². The number of hydrogen-bond acceptors (Lipinski definition) is 1. The fourth-order valence-corrected chi connectivity index (χ4v) is 8.86. The van der Waals surface area contributed by atoms with Crippen LogP contribution in [0.3, 0.4) is 0 Å². The van der Waals surface area contributed by atoms with E-state index in [0.29, 0.717) is 0 Å². The Balaban J connectivity index is 1.46. The van der Waals surface area contributed by atoms with Crippen LogP contribution in [-0.4, -0.2) is 12.8 Å². The number of allylic oxidation sites excluding steroid dienone is 9. The van der Waals surface area contributed by atoms with Crippen LogP contribution in [0.4, 0.5) is 11.4 Å². The van der Waals surface area contributed by atoms with Crippen LogP contribution in [0.2, 0.25) is 0 Å². The summed E-state index contributed by atoms with van der Waals surface area (Å²) < 4.78 is 0. The van der Waals surface area contributed by atoms with Gasteiger partial charge >= 0.3 is 0 Å². The van der Waals surface area contributed by atoms with E-state index in [-0.39, 0.29) is 12.8 Å². The topological polar surface area (TPSA) is 3.24 Å². The first-order valence-electron chi connectivity index (χ1n) is 19.5. The van der Waals surface area contributed by atoms with Crippen LogP contribution < -0.4 is 15.8 Å². The zero-order chi connectivity index (χ0) is 37.9. The number of hydrogen-bond donors (Lipinski definition) is 0. The van der Waals surface area contributed by atoms with Gasteiger partial charge in [0, 0.05) is 22.8 Å². The molecule has 1 nitrogen and oxygen atoms in total. The first kappa shape index (κ1) is 36.8. The molecule has 1 aliphatic rings. The van der Waals surface area contributed by atoms with Crippen molar-refractivity contribution in [2.24, 2.45) is 0 Å². The Morgan fingerprint density at radius 1 is 0.667 bits per heavy atom. The van der Waals surface area contributed by atoms with Crippen molar-refractivity contribution < 1.29 is 0 Å². The summed E-state index contributed by atoms with van der Waals surface area (Å²) in [5, 5.41) is 5.08. The molecular weight excluding hydrogens is 649 g/mol. The third-order valence-corrected chi connectivity index (χ3v) is 11.4. The molecule has 268 valence electrons. The number of nitrogens with zero attached hydrogens (tertiary/aromatic N) is 1. The van der Waals surface area contributed by atoms with Gasteiger partial charge in [-0.3, -0.25) is 0 Å². The lowest BCUT2D eigenvalue weighted by molar-refractivity contribution is 0.863. The average Bonchev–Trinajstić information content (AvgIpc) is 3.25. The second kappa shape index (κ2) is 15.8. The molecule has 0 aromatic heterocycles. The molecule has 0 radical (unpaired) electrons. The molecule has 0 aliphatic carbocycles. The van der Waals surface area contributed by atoms with Gasteiger partial charge in [-0.1, -0.05) is 184 Å². The van der Waals surface area contributed by atoms with Gasteiger partial charge in [0.1, 0.15) is 0 Å². The third kappa shape index (κ3) is 6.94. The maximum Gasteiger partial charge on any atom is 0.242 e. The van der Waals surface area contributed by atoms with Crippen LogP contribution >= 0.6 is 0 Å². The van der Waals surface area contributed by atoms with E-state index in [2.05, 4.69) is 212 Å². The van der Waals surface area contributed by atoms with Crippen LogP contribution in [0.15, 0.2) is 168 Å². The Morgan fingerprint density at radius 3 is 1.96 bits per heavy atom. The molecule has 1 unspecified atom stereocenters. The minimum atomic E-state index is 0.0786. The molecule has 0 saturated carbocycles. The van der Waals surface area contributed by atoms with Gasteiger partial charge in [0.05, 0.1) is 0 Å². The molecule has 54 heavy (non-hydrogen) atoms. The van der Waals surface area contributed by atoms with Crippen LogP contribution in [0.25, 0.3) is 32.7 Å². The quantitative estimate of drug-likeness (QED) is 0.118. The molecule has 6 aromatic carbocycles. The smallest absolute Gasteiger partial charge is 0.242 e. The third-order valence-electron chi connectivity index (χ3n) is 11.4. The SMILES string of the molecule is C\C=C(C)/C=C(C)\C(=C\C)B(c1c(C)cc(C)cc1C)c1ccc(-c2ccc(N3c4ccccc4C/C=C\C=C/C3C)c3ccccc23)c2ccccc12. The summed E-state index contributed by atoms with van der Waals surface area (Å²) in [6, 6.07) is 41.3. The molecule has 0 fully saturated rings. The van der Waals surface area contributed by atoms with E-state index in [1.54, 1.807) is 0 Å². The monoisotopic (exact) mass is 701 g/mol. The van der Waals surface area contributed by atoms with Crippen LogP contribution in [0, 0.1) is 20.8 Å². The molecule has 1 aliphatic heterocycles. The first-order chi connectivity index (χ1) is 26.2. The van der Waals surface area contributed by atoms with Gasteiger partial charge in [-0.2, -0.15) is 0 Å². The van der Waals surface area contributed by atoms with E-state index in [4.69, 9.17) is 0 Å². The number of para-hydroxylation sites is 1. The average molecular weight is 702 g/mol. The molecule has 1 atom stereocenters. The number of rotatable bonds is 7. The highest BCUT2D eigenvalue weighted by atomic mass is 15.2. The second-order valence-electron chi connectivity index (χ2n) is 15.0. The predicted octanol–water partition coefficient (Wildman–Crippen LogP) is 12.8.